The highest BCUT2D eigenvalue weighted by Gasteiger charge is 2.44. The van der Waals surface area contributed by atoms with E-state index in [1.807, 2.05) is 0 Å². The third kappa shape index (κ3) is 3.00. The van der Waals surface area contributed by atoms with Crippen molar-refractivity contribution in [3.05, 3.63) is 0 Å². The van der Waals surface area contributed by atoms with Gasteiger partial charge >= 0.3 is 12.0 Å². The van der Waals surface area contributed by atoms with E-state index in [9.17, 15) is 14.7 Å². The summed E-state index contributed by atoms with van der Waals surface area (Å²) in [6, 6.07) is -0.333. The molecule has 0 radical (unpaired) electrons. The highest BCUT2D eigenvalue weighted by atomic mass is 16.5. The Bertz CT molecular complexity index is 418. The third-order valence-corrected chi connectivity index (χ3v) is 5.14. The van der Waals surface area contributed by atoms with E-state index in [-0.39, 0.29) is 24.3 Å². The molecule has 3 fully saturated rings. The first-order chi connectivity index (χ1) is 10.1. The molecule has 2 bridgehead atoms. The largest absolute Gasteiger partial charge is 0.480 e. The first-order valence-electron chi connectivity index (χ1n) is 8.07. The van der Waals surface area contributed by atoms with Gasteiger partial charge in [-0.05, 0) is 32.1 Å². The molecule has 2 heterocycles. The van der Waals surface area contributed by atoms with Crippen LogP contribution in [0.4, 0.5) is 4.79 Å². The quantitative estimate of drug-likeness (QED) is 0.693. The fourth-order valence-electron chi connectivity index (χ4n) is 3.94. The highest BCUT2D eigenvalue weighted by Crippen LogP contribution is 2.34. The molecule has 3 aliphatic rings. The molecule has 2 aliphatic heterocycles. The number of ether oxygens (including phenoxy) is 1. The van der Waals surface area contributed by atoms with Crippen LogP contribution in [0.15, 0.2) is 0 Å². The number of aliphatic carboxylic acids is 1. The van der Waals surface area contributed by atoms with Crippen LogP contribution in [0.3, 0.4) is 0 Å². The number of urea groups is 1. The summed E-state index contributed by atoms with van der Waals surface area (Å²) in [5.41, 5.74) is -1.10. The van der Waals surface area contributed by atoms with Crippen LogP contribution in [-0.2, 0) is 9.53 Å². The molecule has 0 aromatic rings. The van der Waals surface area contributed by atoms with E-state index in [1.54, 1.807) is 0 Å². The Kier molecular flexibility index (Phi) is 4.06. The number of hydrogen-bond acceptors (Lipinski definition) is 3. The normalized spacial score (nSPS) is 34.2. The lowest BCUT2D eigenvalue weighted by molar-refractivity contribution is -0.145. The number of carbonyl (C=O) groups excluding carboxylic acids is 1. The second-order valence-electron chi connectivity index (χ2n) is 6.62. The number of carbonyl (C=O) groups is 2. The molecule has 6 nitrogen and oxygen atoms in total. The monoisotopic (exact) mass is 296 g/mol. The van der Waals surface area contributed by atoms with Crippen molar-refractivity contribution in [2.75, 3.05) is 0 Å². The number of nitrogens with one attached hydrogen (secondary N) is 2. The molecule has 2 amide bonds. The standard InChI is InChI=1S/C15H24N2O4/c18-13(19)15(7-3-1-2-4-8-15)17-14(20)16-11-9-10-5-6-12(11)21-10/h10-12H,1-9H2,(H,18,19)(H2,16,17,20). The van der Waals surface area contributed by atoms with Crippen molar-refractivity contribution in [1.82, 2.24) is 10.6 Å². The Labute approximate surface area is 124 Å². The van der Waals surface area contributed by atoms with Gasteiger partial charge in [-0.2, -0.15) is 0 Å². The van der Waals surface area contributed by atoms with Crippen LogP contribution in [0, 0.1) is 0 Å². The van der Waals surface area contributed by atoms with Crippen LogP contribution in [0.25, 0.3) is 0 Å². The van der Waals surface area contributed by atoms with Crippen molar-refractivity contribution >= 4 is 12.0 Å². The summed E-state index contributed by atoms with van der Waals surface area (Å²) in [4.78, 5) is 23.9. The van der Waals surface area contributed by atoms with E-state index >= 15 is 0 Å². The molecule has 6 heteroatoms. The molecule has 3 N–H and O–H groups in total. The smallest absolute Gasteiger partial charge is 0.329 e. The topological polar surface area (TPSA) is 87.7 Å². The van der Waals surface area contributed by atoms with Gasteiger partial charge in [0, 0.05) is 0 Å². The molecule has 0 spiro atoms. The maximum Gasteiger partial charge on any atom is 0.329 e. The van der Waals surface area contributed by atoms with Crippen molar-refractivity contribution in [2.45, 2.75) is 81.6 Å². The molecule has 0 aromatic heterocycles. The van der Waals surface area contributed by atoms with Crippen molar-refractivity contribution in [1.29, 1.82) is 0 Å². The van der Waals surface area contributed by atoms with Crippen molar-refractivity contribution in [3.8, 4) is 0 Å². The lowest BCUT2D eigenvalue weighted by Crippen LogP contribution is -2.59. The molecule has 1 aliphatic carbocycles. The van der Waals surface area contributed by atoms with Crippen LogP contribution in [0.1, 0.15) is 57.8 Å². The lowest BCUT2D eigenvalue weighted by atomic mass is 9.90. The first-order valence-corrected chi connectivity index (χ1v) is 8.07. The van der Waals surface area contributed by atoms with Crippen LogP contribution in [-0.4, -0.2) is 40.9 Å². The lowest BCUT2D eigenvalue weighted by Gasteiger charge is -2.30. The average molecular weight is 296 g/mol. The molecule has 3 atom stereocenters. The number of rotatable bonds is 3. The van der Waals surface area contributed by atoms with Crippen molar-refractivity contribution < 1.29 is 19.4 Å². The Morgan fingerprint density at radius 1 is 1.10 bits per heavy atom. The molecule has 0 aromatic carbocycles. The summed E-state index contributed by atoms with van der Waals surface area (Å²) in [6.07, 6.45) is 8.10. The maximum atomic E-state index is 12.2. The third-order valence-electron chi connectivity index (χ3n) is 5.14. The van der Waals surface area contributed by atoms with Crippen LogP contribution in [0.5, 0.6) is 0 Å². The zero-order chi connectivity index (χ0) is 14.9. The molecule has 3 rings (SSSR count). The second-order valence-corrected chi connectivity index (χ2v) is 6.62. The van der Waals surface area contributed by atoms with Gasteiger partial charge in [-0.25, -0.2) is 9.59 Å². The van der Waals surface area contributed by atoms with Gasteiger partial charge in [0.25, 0.3) is 0 Å². The second kappa shape index (κ2) is 5.83. The van der Waals surface area contributed by atoms with Gasteiger partial charge in [-0.1, -0.05) is 25.7 Å². The zero-order valence-corrected chi connectivity index (χ0v) is 12.3. The van der Waals surface area contributed by atoms with E-state index < -0.39 is 11.5 Å². The molecule has 21 heavy (non-hydrogen) atoms. The van der Waals surface area contributed by atoms with Crippen LogP contribution in [0.2, 0.25) is 0 Å². The summed E-state index contributed by atoms with van der Waals surface area (Å²) >= 11 is 0. The van der Waals surface area contributed by atoms with E-state index in [0.29, 0.717) is 12.8 Å². The summed E-state index contributed by atoms with van der Waals surface area (Å²) in [5.74, 6) is -0.913. The fraction of sp³-hybridized carbons (Fsp3) is 0.867. The van der Waals surface area contributed by atoms with Gasteiger partial charge in [-0.3, -0.25) is 0 Å². The predicted octanol–water partition coefficient (Wildman–Crippen LogP) is 1.78. The van der Waals surface area contributed by atoms with E-state index in [1.165, 1.54) is 0 Å². The summed E-state index contributed by atoms with van der Waals surface area (Å²) in [5, 5.41) is 15.2. The fourth-order valence-corrected chi connectivity index (χ4v) is 3.94. The summed E-state index contributed by atoms with van der Waals surface area (Å²) in [6.45, 7) is 0. The Balaban J connectivity index is 1.60. The molecule has 1 saturated carbocycles. The molecular weight excluding hydrogens is 272 g/mol. The number of hydrogen-bond donors (Lipinski definition) is 3. The summed E-state index contributed by atoms with van der Waals surface area (Å²) < 4.78 is 5.71. The van der Waals surface area contributed by atoms with Crippen molar-refractivity contribution in [3.63, 3.8) is 0 Å². The number of fused-ring (bicyclic) bond motifs is 2. The Hall–Kier alpha value is -1.30. The van der Waals surface area contributed by atoms with Gasteiger partial charge in [0.1, 0.15) is 5.54 Å². The minimum Gasteiger partial charge on any atom is -0.480 e. The van der Waals surface area contributed by atoms with Crippen LogP contribution < -0.4 is 10.6 Å². The number of amides is 2. The van der Waals surface area contributed by atoms with E-state index in [0.717, 1.165) is 44.9 Å². The molecule has 3 unspecified atom stereocenters. The van der Waals surface area contributed by atoms with Crippen molar-refractivity contribution in [2.24, 2.45) is 0 Å². The predicted molar refractivity (Wildman–Crippen MR) is 76.0 cm³/mol. The Morgan fingerprint density at radius 2 is 1.81 bits per heavy atom. The SMILES string of the molecule is O=C(NC1CC2CCC1O2)NC1(C(=O)O)CCCCCC1. The zero-order valence-electron chi connectivity index (χ0n) is 12.3. The minimum atomic E-state index is -1.10. The average Bonchev–Trinajstić information content (AvgIpc) is 2.96. The minimum absolute atomic E-state index is 0.0281. The van der Waals surface area contributed by atoms with Crippen LogP contribution >= 0.6 is 0 Å². The number of carboxylic acid groups (broad SMARTS) is 1. The first kappa shape index (κ1) is 14.6. The van der Waals surface area contributed by atoms with Gasteiger partial charge in [0.2, 0.25) is 0 Å². The maximum absolute atomic E-state index is 12.2. The molecule has 2 saturated heterocycles. The molecular formula is C15H24N2O4. The van der Waals surface area contributed by atoms with Gasteiger partial charge in [0.05, 0.1) is 18.2 Å². The highest BCUT2D eigenvalue weighted by molar-refractivity contribution is 5.86. The number of carboxylic acids is 1. The van der Waals surface area contributed by atoms with E-state index in [4.69, 9.17) is 4.74 Å². The summed E-state index contributed by atoms with van der Waals surface area (Å²) in [7, 11) is 0. The van der Waals surface area contributed by atoms with E-state index in [2.05, 4.69) is 10.6 Å². The van der Waals surface area contributed by atoms with Gasteiger partial charge in [0.15, 0.2) is 0 Å². The van der Waals surface area contributed by atoms with Gasteiger partial charge in [-0.15, -0.1) is 0 Å². The van der Waals surface area contributed by atoms with Gasteiger partial charge < -0.3 is 20.5 Å². The molecule has 118 valence electrons. The Morgan fingerprint density at radius 3 is 2.33 bits per heavy atom.